The predicted molar refractivity (Wildman–Crippen MR) is 86.8 cm³/mol. The summed E-state index contributed by atoms with van der Waals surface area (Å²) in [6, 6.07) is 0. The quantitative estimate of drug-likeness (QED) is 0.391. The zero-order chi connectivity index (χ0) is 16.2. The summed E-state index contributed by atoms with van der Waals surface area (Å²) in [7, 11) is 1.67. The van der Waals surface area contributed by atoms with E-state index in [0.29, 0.717) is 23.7 Å². The van der Waals surface area contributed by atoms with Crippen LogP contribution in [0.4, 0.5) is 0 Å². The van der Waals surface area contributed by atoms with Crippen molar-refractivity contribution in [3.63, 3.8) is 0 Å². The minimum Gasteiger partial charge on any atom is -0.285 e. The van der Waals surface area contributed by atoms with Crippen molar-refractivity contribution in [3.8, 4) is 0 Å². The van der Waals surface area contributed by atoms with Crippen molar-refractivity contribution >= 4 is 11.8 Å². The van der Waals surface area contributed by atoms with Gasteiger partial charge in [-0.3, -0.25) is 14.5 Å². The minimum atomic E-state index is 0.0431. The van der Waals surface area contributed by atoms with E-state index in [1.807, 2.05) is 27.7 Å². The summed E-state index contributed by atoms with van der Waals surface area (Å²) in [6.45, 7) is 8.00. The molecule has 4 aliphatic carbocycles. The molecule has 5 aliphatic rings. The molecule has 0 aromatic heterocycles. The van der Waals surface area contributed by atoms with Crippen LogP contribution in [0.25, 0.3) is 0 Å². The SMILES string of the molecule is CC.CC.CN1C(=O)C2C3CC(C2C1=O)C1C2C=CC(C2)C31. The van der Waals surface area contributed by atoms with Crippen LogP contribution in [0, 0.1) is 47.3 Å². The molecule has 1 aliphatic heterocycles. The van der Waals surface area contributed by atoms with Gasteiger partial charge in [0.15, 0.2) is 0 Å². The van der Waals surface area contributed by atoms with Crippen molar-refractivity contribution in [3.05, 3.63) is 12.2 Å². The molecule has 122 valence electrons. The van der Waals surface area contributed by atoms with Crippen molar-refractivity contribution in [2.75, 3.05) is 7.05 Å². The molecule has 5 rings (SSSR count). The number of imide groups is 1. The van der Waals surface area contributed by atoms with Gasteiger partial charge in [-0.2, -0.15) is 0 Å². The normalized spacial score (nSPS) is 48.7. The molecule has 8 atom stereocenters. The lowest BCUT2D eigenvalue weighted by atomic mass is 9.65. The summed E-state index contributed by atoms with van der Waals surface area (Å²) in [4.78, 5) is 25.9. The Labute approximate surface area is 134 Å². The number of hydrogen-bond acceptors (Lipinski definition) is 2. The van der Waals surface area contributed by atoms with E-state index >= 15 is 0 Å². The summed E-state index contributed by atoms with van der Waals surface area (Å²) in [5, 5.41) is 0. The maximum Gasteiger partial charge on any atom is 0.233 e. The van der Waals surface area contributed by atoms with Gasteiger partial charge in [-0.15, -0.1) is 0 Å². The third kappa shape index (κ3) is 1.68. The molecule has 1 saturated heterocycles. The first kappa shape index (κ1) is 15.8. The van der Waals surface area contributed by atoms with E-state index in [2.05, 4.69) is 12.2 Å². The molecule has 2 amide bonds. The second-order valence-electron chi connectivity index (χ2n) is 6.95. The Balaban J connectivity index is 0.000000336. The maximum atomic E-state index is 12.3. The highest BCUT2D eigenvalue weighted by Gasteiger charge is 2.70. The first-order valence-electron chi connectivity index (χ1n) is 9.18. The fourth-order valence-corrected chi connectivity index (χ4v) is 6.27. The first-order valence-corrected chi connectivity index (χ1v) is 9.18. The van der Waals surface area contributed by atoms with Crippen molar-refractivity contribution in [2.24, 2.45) is 47.3 Å². The zero-order valence-corrected chi connectivity index (χ0v) is 14.5. The van der Waals surface area contributed by atoms with Crippen LogP contribution < -0.4 is 0 Å². The molecule has 22 heavy (non-hydrogen) atoms. The Morgan fingerprint density at radius 1 is 0.818 bits per heavy atom. The Morgan fingerprint density at radius 2 is 1.23 bits per heavy atom. The second kappa shape index (κ2) is 5.50. The molecular weight excluding hydrogens is 274 g/mol. The van der Waals surface area contributed by atoms with Gasteiger partial charge in [-0.05, 0) is 48.3 Å². The van der Waals surface area contributed by atoms with Crippen LogP contribution in [-0.2, 0) is 9.59 Å². The van der Waals surface area contributed by atoms with Crippen LogP contribution >= 0.6 is 0 Å². The number of carbonyl (C=O) groups is 2. The molecule has 0 radical (unpaired) electrons. The highest BCUT2D eigenvalue weighted by molar-refractivity contribution is 6.05. The predicted octanol–water partition coefficient (Wildman–Crippen LogP) is 3.36. The highest BCUT2D eigenvalue weighted by Crippen LogP contribution is 2.70. The van der Waals surface area contributed by atoms with Crippen LogP contribution in [-0.4, -0.2) is 23.8 Å². The van der Waals surface area contributed by atoms with Gasteiger partial charge in [-0.1, -0.05) is 39.8 Å². The average Bonchev–Trinajstić information content (AvgIpc) is 3.34. The second-order valence-corrected chi connectivity index (χ2v) is 6.95. The third-order valence-corrected chi connectivity index (χ3v) is 6.66. The number of carbonyl (C=O) groups excluding carboxylic acids is 2. The number of fused-ring (bicyclic) bond motifs is 12. The smallest absolute Gasteiger partial charge is 0.233 e. The van der Waals surface area contributed by atoms with E-state index < -0.39 is 0 Å². The topological polar surface area (TPSA) is 37.4 Å². The monoisotopic (exact) mass is 303 g/mol. The Bertz CT molecular complexity index is 470. The van der Waals surface area contributed by atoms with Crippen LogP contribution in [0.15, 0.2) is 12.2 Å². The summed E-state index contributed by atoms with van der Waals surface area (Å²) >= 11 is 0. The molecule has 0 N–H and O–H groups in total. The van der Waals surface area contributed by atoms with Crippen LogP contribution in [0.3, 0.4) is 0 Å². The Hall–Kier alpha value is -1.12. The van der Waals surface area contributed by atoms with E-state index in [4.69, 9.17) is 0 Å². The number of allylic oxidation sites excluding steroid dienone is 2. The number of hydrogen-bond donors (Lipinski definition) is 0. The molecule has 3 nitrogen and oxygen atoms in total. The lowest BCUT2D eigenvalue weighted by molar-refractivity contribution is -0.139. The Kier molecular flexibility index (Phi) is 3.94. The van der Waals surface area contributed by atoms with E-state index in [9.17, 15) is 9.59 Å². The van der Waals surface area contributed by atoms with Crippen molar-refractivity contribution in [2.45, 2.75) is 40.5 Å². The molecule has 8 unspecified atom stereocenters. The molecule has 3 saturated carbocycles. The molecule has 0 spiro atoms. The van der Waals surface area contributed by atoms with Crippen molar-refractivity contribution in [1.82, 2.24) is 4.90 Å². The van der Waals surface area contributed by atoms with Gasteiger partial charge in [-0.25, -0.2) is 0 Å². The van der Waals surface area contributed by atoms with Gasteiger partial charge in [0.25, 0.3) is 0 Å². The van der Waals surface area contributed by atoms with Crippen molar-refractivity contribution < 1.29 is 9.59 Å². The number of nitrogens with zero attached hydrogens (tertiary/aromatic N) is 1. The fourth-order valence-electron chi connectivity index (χ4n) is 6.27. The maximum absolute atomic E-state index is 12.3. The molecular formula is C19H29NO2. The molecule has 1 heterocycles. The van der Waals surface area contributed by atoms with E-state index in [1.165, 1.54) is 11.3 Å². The molecule has 4 fully saturated rings. The lowest BCUT2D eigenvalue weighted by Gasteiger charge is -2.36. The van der Waals surface area contributed by atoms with Crippen LogP contribution in [0.1, 0.15) is 40.5 Å². The third-order valence-electron chi connectivity index (χ3n) is 6.66. The summed E-state index contributed by atoms with van der Waals surface area (Å²) < 4.78 is 0. The van der Waals surface area contributed by atoms with Gasteiger partial charge >= 0.3 is 0 Å². The Morgan fingerprint density at radius 3 is 1.64 bits per heavy atom. The first-order chi connectivity index (χ1) is 10.7. The van der Waals surface area contributed by atoms with Crippen molar-refractivity contribution in [1.29, 1.82) is 0 Å². The van der Waals surface area contributed by atoms with Crippen LogP contribution in [0.2, 0.25) is 0 Å². The highest BCUT2D eigenvalue weighted by atomic mass is 16.2. The largest absolute Gasteiger partial charge is 0.285 e. The molecule has 0 aromatic carbocycles. The van der Waals surface area contributed by atoms with E-state index in [1.54, 1.807) is 7.05 Å². The lowest BCUT2D eigenvalue weighted by Crippen LogP contribution is -2.38. The summed E-state index contributed by atoms with van der Waals surface area (Å²) in [5.41, 5.74) is 0. The van der Waals surface area contributed by atoms with E-state index in [-0.39, 0.29) is 23.7 Å². The van der Waals surface area contributed by atoms with Gasteiger partial charge in [0, 0.05) is 7.05 Å². The van der Waals surface area contributed by atoms with Crippen LogP contribution in [0.5, 0.6) is 0 Å². The minimum absolute atomic E-state index is 0.0431. The summed E-state index contributed by atoms with van der Waals surface area (Å²) in [6.07, 6.45) is 7.20. The van der Waals surface area contributed by atoms with Gasteiger partial charge in [0.05, 0.1) is 11.8 Å². The standard InChI is InChI=1S/C15H17NO2.2C2H6/c1-16-14(17)12-8-5-9(13(12)15(16)18)11-7-3-2-6(4-7)10(8)11;2*1-2/h2-3,6-13H,4-5H2,1H3;2*1-2H3. The number of amides is 2. The molecule has 0 aromatic rings. The molecule has 4 bridgehead atoms. The summed E-state index contributed by atoms with van der Waals surface area (Å²) in [5.74, 6) is 4.18. The van der Waals surface area contributed by atoms with Gasteiger partial charge in [0.2, 0.25) is 11.8 Å². The average molecular weight is 303 g/mol. The van der Waals surface area contributed by atoms with Gasteiger partial charge < -0.3 is 0 Å². The fraction of sp³-hybridized carbons (Fsp3) is 0.789. The van der Waals surface area contributed by atoms with E-state index in [0.717, 1.165) is 18.3 Å². The zero-order valence-electron chi connectivity index (χ0n) is 14.5. The number of rotatable bonds is 0. The molecule has 3 heteroatoms. The number of likely N-dealkylation sites (tertiary alicyclic amines) is 1. The van der Waals surface area contributed by atoms with Gasteiger partial charge in [0.1, 0.15) is 0 Å².